The second kappa shape index (κ2) is 16.2. The Morgan fingerprint density at radius 2 is 0.980 bits per heavy atom. The molecule has 6 heterocycles. The van der Waals surface area contributed by atoms with Gasteiger partial charge in [-0.3, -0.25) is 19.6 Å². The van der Waals surface area contributed by atoms with Gasteiger partial charge in [0.1, 0.15) is 0 Å². The van der Waals surface area contributed by atoms with E-state index in [1.54, 1.807) is 35.1 Å². The molecule has 50 heavy (non-hydrogen) atoms. The molecule has 0 aliphatic carbocycles. The molecule has 0 atom stereocenters. The van der Waals surface area contributed by atoms with Crippen LogP contribution in [0, 0.1) is 0 Å². The van der Waals surface area contributed by atoms with Crippen molar-refractivity contribution in [3.63, 3.8) is 0 Å². The predicted molar refractivity (Wildman–Crippen MR) is 202 cm³/mol. The normalized spacial score (nSPS) is 14.9. The molecule has 2 amide bonds. The van der Waals surface area contributed by atoms with Crippen molar-refractivity contribution < 1.29 is 9.59 Å². The summed E-state index contributed by atoms with van der Waals surface area (Å²) in [5, 5.41) is 8.36. The van der Waals surface area contributed by atoms with Gasteiger partial charge in [-0.05, 0) is 48.2 Å². The predicted octanol–water partition coefficient (Wildman–Crippen LogP) is 5.95. The van der Waals surface area contributed by atoms with E-state index in [1.165, 1.54) is 11.1 Å². The third kappa shape index (κ3) is 8.43. The van der Waals surface area contributed by atoms with Crippen LogP contribution in [0.15, 0.2) is 96.2 Å². The van der Waals surface area contributed by atoms with Crippen molar-refractivity contribution in [2.24, 2.45) is 0 Å². The summed E-state index contributed by atoms with van der Waals surface area (Å²) in [5.41, 5.74) is 4.32. The van der Waals surface area contributed by atoms with Gasteiger partial charge in [0, 0.05) is 112 Å². The van der Waals surface area contributed by atoms with E-state index in [1.807, 2.05) is 45.1 Å². The fraction of sp³-hybridized carbons (Fsp3) is 0.316. The molecule has 6 aromatic rings. The average molecular weight is 705 g/mol. The van der Waals surface area contributed by atoms with E-state index in [0.717, 1.165) is 97.3 Å². The number of carbonyl (C=O) groups is 2. The van der Waals surface area contributed by atoms with Gasteiger partial charge in [0.25, 0.3) is 0 Å². The van der Waals surface area contributed by atoms with E-state index < -0.39 is 0 Å². The molecular weight excluding hydrogens is 665 g/mol. The number of hydrogen-bond acceptors (Lipinski definition) is 10. The molecule has 2 aliphatic heterocycles. The summed E-state index contributed by atoms with van der Waals surface area (Å²) in [6.07, 6.45) is 9.89. The minimum Gasteiger partial charge on any atom is -0.345 e. The largest absolute Gasteiger partial charge is 0.345 e. The second-order valence-electron chi connectivity index (χ2n) is 12.4. The van der Waals surface area contributed by atoms with Crippen LogP contribution in [0.25, 0.3) is 21.8 Å². The van der Waals surface area contributed by atoms with E-state index in [2.05, 4.69) is 78.3 Å². The molecule has 0 spiro atoms. The van der Waals surface area contributed by atoms with Gasteiger partial charge in [-0.1, -0.05) is 36.4 Å². The first-order valence-corrected chi connectivity index (χ1v) is 18.9. The van der Waals surface area contributed by atoms with Crippen LogP contribution in [-0.4, -0.2) is 93.9 Å². The van der Waals surface area contributed by atoms with Crippen molar-refractivity contribution in [3.05, 3.63) is 107 Å². The number of aryl methyl sites for hydroxylation is 2. The maximum atomic E-state index is 12.5. The third-order valence-corrected chi connectivity index (χ3v) is 10.9. The number of carbonyl (C=O) groups excluding carboxylic acids is 2. The first kappa shape index (κ1) is 33.6. The highest BCUT2D eigenvalue weighted by molar-refractivity contribution is 7.13. The maximum absolute atomic E-state index is 12.5. The van der Waals surface area contributed by atoms with Gasteiger partial charge in [0.2, 0.25) is 11.8 Å². The number of amides is 2. The molecule has 0 bridgehead atoms. The topological polar surface area (TPSA) is 98.7 Å². The fourth-order valence-corrected chi connectivity index (χ4v) is 7.79. The lowest BCUT2D eigenvalue weighted by Gasteiger charge is -2.34. The standard InChI is InChI=1S/2C19H20N4OS/c2*24-18(22-9-11-23(12-10-22)19-21-8-13-25-19)6-4-15-3-5-16-2-1-7-20-17(16)14-15/h2*1-3,5,7-8,13-14H,4,6,9-12H2. The molecule has 0 radical (unpaired) electrons. The molecule has 4 aromatic heterocycles. The first-order chi connectivity index (χ1) is 24.6. The van der Waals surface area contributed by atoms with Crippen LogP contribution in [0.4, 0.5) is 10.3 Å². The Hall–Kier alpha value is -4.94. The van der Waals surface area contributed by atoms with Crippen molar-refractivity contribution in [2.75, 3.05) is 62.2 Å². The Bertz CT molecular complexity index is 1860. The molecule has 2 fully saturated rings. The summed E-state index contributed by atoms with van der Waals surface area (Å²) in [5.74, 6) is 0.472. The van der Waals surface area contributed by atoms with Crippen molar-refractivity contribution in [3.8, 4) is 0 Å². The fourth-order valence-electron chi connectivity index (χ4n) is 6.39. The zero-order valence-electron chi connectivity index (χ0n) is 27.9. The highest BCUT2D eigenvalue weighted by atomic mass is 32.1. The number of piperazine rings is 2. The monoisotopic (exact) mass is 704 g/mol. The molecule has 2 aromatic carbocycles. The van der Waals surface area contributed by atoms with Crippen LogP contribution >= 0.6 is 22.7 Å². The molecule has 2 aliphatic rings. The Morgan fingerprint density at radius 3 is 1.38 bits per heavy atom. The molecule has 0 N–H and O–H groups in total. The summed E-state index contributed by atoms with van der Waals surface area (Å²) >= 11 is 3.31. The van der Waals surface area contributed by atoms with E-state index in [4.69, 9.17) is 0 Å². The maximum Gasteiger partial charge on any atom is 0.223 e. The molecule has 0 saturated carbocycles. The van der Waals surface area contributed by atoms with Gasteiger partial charge in [0.05, 0.1) is 11.0 Å². The number of thiazole rings is 2. The van der Waals surface area contributed by atoms with Gasteiger partial charge >= 0.3 is 0 Å². The number of nitrogens with zero attached hydrogens (tertiary/aromatic N) is 8. The van der Waals surface area contributed by atoms with E-state index >= 15 is 0 Å². The number of rotatable bonds is 8. The van der Waals surface area contributed by atoms with Gasteiger partial charge in [-0.2, -0.15) is 0 Å². The minimum absolute atomic E-state index is 0.236. The Morgan fingerprint density at radius 1 is 0.540 bits per heavy atom. The van der Waals surface area contributed by atoms with Crippen LogP contribution in [0.5, 0.6) is 0 Å². The van der Waals surface area contributed by atoms with Gasteiger partial charge in [-0.25, -0.2) is 9.97 Å². The lowest BCUT2D eigenvalue weighted by atomic mass is 10.1. The number of benzene rings is 2. The van der Waals surface area contributed by atoms with Crippen molar-refractivity contribution >= 4 is 66.6 Å². The number of anilines is 2. The lowest BCUT2D eigenvalue weighted by Crippen LogP contribution is -2.48. The summed E-state index contributed by atoms with van der Waals surface area (Å²) in [4.78, 5) is 50.9. The highest BCUT2D eigenvalue weighted by Gasteiger charge is 2.23. The average Bonchev–Trinajstić information content (AvgIpc) is 3.93. The zero-order chi connectivity index (χ0) is 34.1. The molecule has 0 unspecified atom stereocenters. The Labute approximate surface area is 300 Å². The SMILES string of the molecule is O=C(CCc1ccc2cccnc2c1)N1CCN(c2nccs2)CC1.O=C(CCc1ccc2cccnc2c1)N1CCN(c2nccs2)CC1. The summed E-state index contributed by atoms with van der Waals surface area (Å²) in [6.45, 7) is 6.54. The zero-order valence-corrected chi connectivity index (χ0v) is 29.6. The van der Waals surface area contributed by atoms with Crippen molar-refractivity contribution in [1.29, 1.82) is 0 Å². The van der Waals surface area contributed by atoms with Crippen molar-refractivity contribution in [2.45, 2.75) is 25.7 Å². The summed E-state index contributed by atoms with van der Waals surface area (Å²) < 4.78 is 0. The van der Waals surface area contributed by atoms with Crippen LogP contribution in [0.1, 0.15) is 24.0 Å². The van der Waals surface area contributed by atoms with E-state index in [9.17, 15) is 9.59 Å². The number of hydrogen-bond donors (Lipinski definition) is 0. The second-order valence-corrected chi connectivity index (χ2v) is 14.2. The van der Waals surface area contributed by atoms with Gasteiger partial charge in [-0.15, -0.1) is 22.7 Å². The lowest BCUT2D eigenvalue weighted by molar-refractivity contribution is -0.132. The third-order valence-electron chi connectivity index (χ3n) is 9.24. The highest BCUT2D eigenvalue weighted by Crippen LogP contribution is 2.21. The molecule has 2 saturated heterocycles. The Balaban J connectivity index is 0.000000157. The van der Waals surface area contributed by atoms with Crippen LogP contribution in [0.3, 0.4) is 0 Å². The van der Waals surface area contributed by atoms with Crippen LogP contribution in [0.2, 0.25) is 0 Å². The van der Waals surface area contributed by atoms with Crippen LogP contribution in [-0.2, 0) is 22.4 Å². The molecular formula is C38H40N8O2S2. The number of fused-ring (bicyclic) bond motifs is 2. The summed E-state index contributed by atoms with van der Waals surface area (Å²) in [7, 11) is 0. The Kier molecular flexibility index (Phi) is 10.9. The molecule has 8 rings (SSSR count). The van der Waals surface area contributed by atoms with E-state index in [-0.39, 0.29) is 11.8 Å². The minimum atomic E-state index is 0.236. The van der Waals surface area contributed by atoms with E-state index in [0.29, 0.717) is 12.8 Å². The van der Waals surface area contributed by atoms with Gasteiger partial charge < -0.3 is 19.6 Å². The van der Waals surface area contributed by atoms with Crippen molar-refractivity contribution in [1.82, 2.24) is 29.7 Å². The number of pyridine rings is 2. The number of aromatic nitrogens is 4. The molecule has 256 valence electrons. The molecule has 12 heteroatoms. The smallest absolute Gasteiger partial charge is 0.223 e. The van der Waals surface area contributed by atoms with Gasteiger partial charge in [0.15, 0.2) is 10.3 Å². The first-order valence-electron chi connectivity index (χ1n) is 17.1. The quantitative estimate of drug-likeness (QED) is 0.192. The van der Waals surface area contributed by atoms with Crippen LogP contribution < -0.4 is 9.80 Å². The summed E-state index contributed by atoms with van der Waals surface area (Å²) in [6, 6.07) is 20.5. The molecule has 10 nitrogen and oxygen atoms in total.